The highest BCUT2D eigenvalue weighted by Crippen LogP contribution is 2.23. The Kier molecular flexibility index (Phi) is 6.40. The van der Waals surface area contributed by atoms with E-state index in [0.29, 0.717) is 13.1 Å². The maximum Gasteiger partial charge on any atom is 0.312 e. The first kappa shape index (κ1) is 17.3. The van der Waals surface area contributed by atoms with Crippen LogP contribution in [0.2, 0.25) is 0 Å². The lowest BCUT2D eigenvalue weighted by Crippen LogP contribution is -2.46. The zero-order valence-electron chi connectivity index (χ0n) is 13.3. The largest absolute Gasteiger partial charge is 0.393 e. The van der Waals surface area contributed by atoms with Crippen molar-refractivity contribution >= 4 is 11.9 Å². The van der Waals surface area contributed by atoms with E-state index in [2.05, 4.69) is 17.4 Å². The summed E-state index contributed by atoms with van der Waals surface area (Å²) in [4.78, 5) is 24.2. The van der Waals surface area contributed by atoms with Crippen LogP contribution in [-0.2, 0) is 11.2 Å². The van der Waals surface area contributed by atoms with E-state index in [4.69, 9.17) is 5.73 Å². The minimum atomic E-state index is -0.690. The molecule has 1 fully saturated rings. The molecule has 2 rings (SSSR count). The molecule has 4 N–H and O–H groups in total. The number of aliphatic hydroxyl groups excluding tert-OH is 1. The van der Waals surface area contributed by atoms with Gasteiger partial charge in [0.1, 0.15) is 0 Å². The number of primary amides is 1. The number of amides is 3. The second-order valence-corrected chi connectivity index (χ2v) is 6.03. The van der Waals surface area contributed by atoms with Crippen LogP contribution < -0.4 is 11.1 Å². The van der Waals surface area contributed by atoms with Gasteiger partial charge in [-0.25, -0.2) is 4.79 Å². The van der Waals surface area contributed by atoms with E-state index in [1.165, 1.54) is 5.56 Å². The number of nitrogens with zero attached hydrogens (tertiary/aromatic N) is 1. The number of urea groups is 1. The van der Waals surface area contributed by atoms with E-state index >= 15 is 0 Å². The summed E-state index contributed by atoms with van der Waals surface area (Å²) in [5.41, 5.74) is 6.19. The molecule has 0 radical (unpaired) electrons. The van der Waals surface area contributed by atoms with Crippen molar-refractivity contribution in [2.75, 3.05) is 19.6 Å². The second-order valence-electron chi connectivity index (χ2n) is 6.03. The Morgan fingerprint density at radius 3 is 2.52 bits per heavy atom. The first-order valence-corrected chi connectivity index (χ1v) is 8.09. The van der Waals surface area contributed by atoms with Crippen molar-refractivity contribution in [2.24, 2.45) is 11.7 Å². The van der Waals surface area contributed by atoms with E-state index in [1.54, 1.807) is 4.90 Å². The summed E-state index contributed by atoms with van der Waals surface area (Å²) in [7, 11) is 0. The predicted octanol–water partition coefficient (Wildman–Crippen LogP) is 0.887. The SMILES string of the molecule is NC(=O)NCC(=O)N1CCC(C(O)CCc2ccccc2)CC1. The number of carbonyl (C=O) groups excluding carboxylic acids is 2. The number of hydrogen-bond donors (Lipinski definition) is 3. The number of hydrogen-bond acceptors (Lipinski definition) is 3. The van der Waals surface area contributed by atoms with Crippen LogP contribution in [0.25, 0.3) is 0 Å². The number of nitrogens with one attached hydrogen (secondary N) is 1. The summed E-state index contributed by atoms with van der Waals surface area (Å²) < 4.78 is 0. The number of benzene rings is 1. The van der Waals surface area contributed by atoms with Crippen molar-refractivity contribution < 1.29 is 14.7 Å². The number of nitrogens with two attached hydrogens (primary N) is 1. The highest BCUT2D eigenvalue weighted by atomic mass is 16.3. The standard InChI is InChI=1S/C17H25N3O3/c18-17(23)19-12-16(22)20-10-8-14(9-11-20)15(21)7-6-13-4-2-1-3-5-13/h1-5,14-15,21H,6-12H2,(H3,18,19,23). The van der Waals surface area contributed by atoms with Crippen LogP contribution in [0.15, 0.2) is 30.3 Å². The third-order valence-electron chi connectivity index (χ3n) is 4.42. The van der Waals surface area contributed by atoms with Gasteiger partial charge in [-0.3, -0.25) is 4.79 Å². The van der Waals surface area contributed by atoms with Crippen LogP contribution in [0.4, 0.5) is 4.79 Å². The van der Waals surface area contributed by atoms with Crippen LogP contribution in [-0.4, -0.2) is 47.7 Å². The highest BCUT2D eigenvalue weighted by Gasteiger charge is 2.27. The second kappa shape index (κ2) is 8.53. The Hall–Kier alpha value is -2.08. The van der Waals surface area contributed by atoms with E-state index in [0.717, 1.165) is 25.7 Å². The summed E-state index contributed by atoms with van der Waals surface area (Å²) in [5.74, 6) is 0.105. The lowest BCUT2D eigenvalue weighted by atomic mass is 9.88. The number of aliphatic hydroxyl groups is 1. The molecule has 1 aromatic carbocycles. The van der Waals surface area contributed by atoms with Gasteiger partial charge in [0.2, 0.25) is 5.91 Å². The van der Waals surface area contributed by atoms with Gasteiger partial charge in [0, 0.05) is 13.1 Å². The summed E-state index contributed by atoms with van der Waals surface area (Å²) in [6, 6.07) is 9.45. The van der Waals surface area contributed by atoms with Gasteiger partial charge in [0.05, 0.1) is 12.6 Å². The number of piperidine rings is 1. The molecule has 6 nitrogen and oxygen atoms in total. The lowest BCUT2D eigenvalue weighted by Gasteiger charge is -2.34. The Morgan fingerprint density at radius 1 is 1.26 bits per heavy atom. The van der Waals surface area contributed by atoms with Crippen molar-refractivity contribution in [3.63, 3.8) is 0 Å². The third kappa shape index (κ3) is 5.56. The Bertz CT molecular complexity index is 513. The summed E-state index contributed by atoms with van der Waals surface area (Å²) in [6.45, 7) is 1.18. The van der Waals surface area contributed by atoms with E-state index in [1.807, 2.05) is 18.2 Å². The summed E-state index contributed by atoms with van der Waals surface area (Å²) >= 11 is 0. The molecular weight excluding hydrogens is 294 g/mol. The van der Waals surface area contributed by atoms with Crippen LogP contribution in [0, 0.1) is 5.92 Å². The fourth-order valence-electron chi connectivity index (χ4n) is 3.00. The minimum absolute atomic E-state index is 0.0590. The van der Waals surface area contributed by atoms with Crippen molar-refractivity contribution in [1.29, 1.82) is 0 Å². The molecule has 1 aromatic rings. The summed E-state index contributed by atoms with van der Waals surface area (Å²) in [5, 5.41) is 12.7. The minimum Gasteiger partial charge on any atom is -0.393 e. The smallest absolute Gasteiger partial charge is 0.312 e. The molecule has 0 aliphatic carbocycles. The molecular formula is C17H25N3O3. The van der Waals surface area contributed by atoms with Gasteiger partial charge in [-0.15, -0.1) is 0 Å². The maximum absolute atomic E-state index is 11.9. The van der Waals surface area contributed by atoms with Crippen LogP contribution in [0.1, 0.15) is 24.8 Å². The topological polar surface area (TPSA) is 95.7 Å². The van der Waals surface area contributed by atoms with Gasteiger partial charge in [0.25, 0.3) is 0 Å². The maximum atomic E-state index is 11.9. The summed E-state index contributed by atoms with van der Waals surface area (Å²) in [6.07, 6.45) is 2.85. The molecule has 1 atom stereocenters. The number of likely N-dealkylation sites (tertiary alicyclic amines) is 1. The molecule has 0 saturated carbocycles. The Labute approximate surface area is 136 Å². The van der Waals surface area contributed by atoms with Crippen LogP contribution in [0.3, 0.4) is 0 Å². The first-order valence-electron chi connectivity index (χ1n) is 8.09. The first-order chi connectivity index (χ1) is 11.1. The van der Waals surface area contributed by atoms with E-state index < -0.39 is 6.03 Å². The van der Waals surface area contributed by atoms with Gasteiger partial charge in [-0.2, -0.15) is 0 Å². The number of carbonyl (C=O) groups is 2. The van der Waals surface area contributed by atoms with Crippen molar-refractivity contribution in [3.8, 4) is 0 Å². The average Bonchev–Trinajstić information content (AvgIpc) is 2.58. The quantitative estimate of drug-likeness (QED) is 0.726. The predicted molar refractivity (Wildman–Crippen MR) is 87.7 cm³/mol. The normalized spacial score (nSPS) is 16.8. The molecule has 1 heterocycles. The highest BCUT2D eigenvalue weighted by molar-refractivity contribution is 5.83. The van der Waals surface area contributed by atoms with Gasteiger partial charge >= 0.3 is 6.03 Å². The average molecular weight is 319 g/mol. The van der Waals surface area contributed by atoms with Gasteiger partial charge in [-0.1, -0.05) is 30.3 Å². The molecule has 126 valence electrons. The molecule has 0 bridgehead atoms. The fourth-order valence-corrected chi connectivity index (χ4v) is 3.00. The third-order valence-corrected chi connectivity index (χ3v) is 4.42. The van der Waals surface area contributed by atoms with Crippen molar-refractivity contribution in [1.82, 2.24) is 10.2 Å². The molecule has 0 aromatic heterocycles. The fraction of sp³-hybridized carbons (Fsp3) is 0.529. The molecule has 1 aliphatic rings. The van der Waals surface area contributed by atoms with E-state index in [-0.39, 0.29) is 24.5 Å². The van der Waals surface area contributed by atoms with Crippen LogP contribution in [0.5, 0.6) is 0 Å². The Balaban J connectivity index is 1.71. The zero-order chi connectivity index (χ0) is 16.7. The van der Waals surface area contributed by atoms with Gasteiger partial charge < -0.3 is 21.1 Å². The number of aryl methyl sites for hydroxylation is 1. The lowest BCUT2D eigenvalue weighted by molar-refractivity contribution is -0.132. The van der Waals surface area contributed by atoms with Gasteiger partial charge in [0.15, 0.2) is 0 Å². The molecule has 1 unspecified atom stereocenters. The van der Waals surface area contributed by atoms with E-state index in [9.17, 15) is 14.7 Å². The van der Waals surface area contributed by atoms with Crippen molar-refractivity contribution in [3.05, 3.63) is 35.9 Å². The molecule has 1 aliphatic heterocycles. The molecule has 0 spiro atoms. The molecule has 23 heavy (non-hydrogen) atoms. The number of rotatable bonds is 6. The van der Waals surface area contributed by atoms with Crippen LogP contribution >= 0.6 is 0 Å². The monoisotopic (exact) mass is 319 g/mol. The molecule has 3 amide bonds. The molecule has 6 heteroatoms. The van der Waals surface area contributed by atoms with Gasteiger partial charge in [-0.05, 0) is 37.2 Å². The Morgan fingerprint density at radius 2 is 1.91 bits per heavy atom. The van der Waals surface area contributed by atoms with Crippen molar-refractivity contribution in [2.45, 2.75) is 31.8 Å². The zero-order valence-corrected chi connectivity index (χ0v) is 13.3. The molecule has 1 saturated heterocycles.